The molecule has 2 heterocycles. The lowest BCUT2D eigenvalue weighted by atomic mass is 10.3. The number of sulfonamides is 1. The van der Waals surface area contributed by atoms with E-state index in [2.05, 4.69) is 24.9 Å². The maximum atomic E-state index is 12.3. The third-order valence-corrected chi connectivity index (χ3v) is 5.78. The van der Waals surface area contributed by atoms with Gasteiger partial charge in [0.15, 0.2) is 0 Å². The van der Waals surface area contributed by atoms with Crippen LogP contribution in [-0.2, 0) is 10.0 Å². The van der Waals surface area contributed by atoms with E-state index in [1.165, 1.54) is 18.2 Å². The molecule has 28 heavy (non-hydrogen) atoms. The van der Waals surface area contributed by atoms with Gasteiger partial charge < -0.3 is 10.2 Å². The van der Waals surface area contributed by atoms with Gasteiger partial charge in [-0.25, -0.2) is 23.1 Å². The summed E-state index contributed by atoms with van der Waals surface area (Å²) in [7, 11) is -3.84. The molecule has 1 aromatic heterocycles. The molecular formula is C17H22N6O4S. The quantitative estimate of drug-likeness (QED) is 0.385. The monoisotopic (exact) mass is 406 g/mol. The summed E-state index contributed by atoms with van der Waals surface area (Å²) in [6.07, 6.45) is 2.29. The van der Waals surface area contributed by atoms with Gasteiger partial charge in [0, 0.05) is 44.4 Å². The third kappa shape index (κ3) is 4.93. The molecule has 0 saturated carbocycles. The highest BCUT2D eigenvalue weighted by molar-refractivity contribution is 7.89. The van der Waals surface area contributed by atoms with E-state index in [1.54, 1.807) is 0 Å². The molecule has 1 aromatic carbocycles. The minimum Gasteiger partial charge on any atom is -0.369 e. The predicted octanol–water partition coefficient (Wildman–Crippen LogP) is 1.68. The molecule has 2 aromatic rings. The van der Waals surface area contributed by atoms with Crippen LogP contribution in [0, 0.1) is 17.0 Å². The number of nitro groups is 1. The van der Waals surface area contributed by atoms with Crippen molar-refractivity contribution in [2.75, 3.05) is 36.4 Å². The summed E-state index contributed by atoms with van der Waals surface area (Å²) in [6, 6.07) is 6.79. The van der Waals surface area contributed by atoms with Crippen molar-refractivity contribution in [1.29, 1.82) is 0 Å². The average Bonchev–Trinajstić information content (AvgIpc) is 3.20. The maximum Gasteiger partial charge on any atom is 0.270 e. The number of nitrogens with one attached hydrogen (secondary N) is 2. The molecule has 10 nitrogen and oxygen atoms in total. The number of aryl methyl sites for hydroxylation is 1. The Balaban J connectivity index is 1.58. The largest absolute Gasteiger partial charge is 0.369 e. The SMILES string of the molecule is Cc1nc(NCCNS(=O)(=O)c2cccc([N+](=O)[O-])c2)cc(N2CCCC2)n1. The molecule has 0 spiro atoms. The molecule has 0 atom stereocenters. The summed E-state index contributed by atoms with van der Waals surface area (Å²) < 4.78 is 27.0. The number of rotatable bonds is 8. The second-order valence-electron chi connectivity index (χ2n) is 6.43. The predicted molar refractivity (Wildman–Crippen MR) is 105 cm³/mol. The van der Waals surface area contributed by atoms with Crippen molar-refractivity contribution in [3.8, 4) is 0 Å². The fraction of sp³-hybridized carbons (Fsp3) is 0.412. The number of hydrogen-bond donors (Lipinski definition) is 2. The molecule has 1 aliphatic heterocycles. The van der Waals surface area contributed by atoms with E-state index < -0.39 is 14.9 Å². The Bertz CT molecular complexity index is 960. The van der Waals surface area contributed by atoms with Gasteiger partial charge in [-0.05, 0) is 25.8 Å². The number of nitro benzene ring substituents is 1. The first kappa shape index (κ1) is 20.0. The van der Waals surface area contributed by atoms with Crippen molar-refractivity contribution in [1.82, 2.24) is 14.7 Å². The Labute approximate surface area is 163 Å². The summed E-state index contributed by atoms with van der Waals surface area (Å²) in [6.45, 7) is 4.17. The lowest BCUT2D eigenvalue weighted by Gasteiger charge is -2.17. The molecule has 1 saturated heterocycles. The second-order valence-corrected chi connectivity index (χ2v) is 8.20. The van der Waals surface area contributed by atoms with Crippen LogP contribution in [0.2, 0.25) is 0 Å². The van der Waals surface area contributed by atoms with Crippen molar-refractivity contribution in [2.45, 2.75) is 24.7 Å². The zero-order valence-electron chi connectivity index (χ0n) is 15.5. The maximum absolute atomic E-state index is 12.3. The minimum absolute atomic E-state index is 0.104. The van der Waals surface area contributed by atoms with Gasteiger partial charge in [-0.3, -0.25) is 10.1 Å². The number of benzene rings is 1. The molecule has 3 rings (SSSR count). The van der Waals surface area contributed by atoms with Gasteiger partial charge in [-0.1, -0.05) is 6.07 Å². The third-order valence-electron chi connectivity index (χ3n) is 4.32. The smallest absolute Gasteiger partial charge is 0.270 e. The van der Waals surface area contributed by atoms with E-state index in [0.717, 1.165) is 37.8 Å². The van der Waals surface area contributed by atoms with Crippen LogP contribution in [0.3, 0.4) is 0 Å². The van der Waals surface area contributed by atoms with E-state index in [-0.39, 0.29) is 17.1 Å². The van der Waals surface area contributed by atoms with Crippen LogP contribution in [0.25, 0.3) is 0 Å². The molecular weight excluding hydrogens is 384 g/mol. The van der Waals surface area contributed by atoms with Crippen LogP contribution in [-0.4, -0.2) is 49.5 Å². The highest BCUT2D eigenvalue weighted by Gasteiger charge is 2.17. The van der Waals surface area contributed by atoms with Crippen molar-refractivity contribution in [3.63, 3.8) is 0 Å². The molecule has 11 heteroatoms. The molecule has 1 fully saturated rings. The highest BCUT2D eigenvalue weighted by Crippen LogP contribution is 2.20. The highest BCUT2D eigenvalue weighted by atomic mass is 32.2. The molecule has 0 radical (unpaired) electrons. The first-order valence-electron chi connectivity index (χ1n) is 8.94. The topological polar surface area (TPSA) is 130 Å². The molecule has 0 amide bonds. The molecule has 0 unspecified atom stereocenters. The standard InChI is InChI=1S/C17H22N6O4S/c1-13-20-16(12-17(21-13)22-9-2-3-10-22)18-7-8-19-28(26,27)15-6-4-5-14(11-15)23(24)25/h4-6,11-12,19H,2-3,7-10H2,1H3,(H,18,20,21). The van der Waals surface area contributed by atoms with Gasteiger partial charge in [-0.15, -0.1) is 0 Å². The fourth-order valence-electron chi connectivity index (χ4n) is 2.97. The fourth-order valence-corrected chi connectivity index (χ4v) is 4.05. The normalized spacial score (nSPS) is 14.2. The van der Waals surface area contributed by atoms with Crippen LogP contribution >= 0.6 is 0 Å². The summed E-state index contributed by atoms with van der Waals surface area (Å²) in [5, 5.41) is 13.9. The Morgan fingerprint density at radius 2 is 1.93 bits per heavy atom. The van der Waals surface area contributed by atoms with Crippen molar-refractivity contribution < 1.29 is 13.3 Å². The molecule has 0 bridgehead atoms. The van der Waals surface area contributed by atoms with Crippen LogP contribution in [0.15, 0.2) is 35.2 Å². The number of aromatic nitrogens is 2. The van der Waals surface area contributed by atoms with Crippen LogP contribution in [0.1, 0.15) is 18.7 Å². The van der Waals surface area contributed by atoms with Crippen molar-refractivity contribution in [3.05, 3.63) is 46.3 Å². The van der Waals surface area contributed by atoms with Gasteiger partial charge in [0.05, 0.1) is 9.82 Å². The lowest BCUT2D eigenvalue weighted by Crippen LogP contribution is -2.29. The zero-order chi connectivity index (χ0) is 20.1. The zero-order valence-corrected chi connectivity index (χ0v) is 16.3. The Morgan fingerprint density at radius 3 is 2.64 bits per heavy atom. The van der Waals surface area contributed by atoms with E-state index in [0.29, 0.717) is 18.2 Å². The first-order valence-corrected chi connectivity index (χ1v) is 10.4. The van der Waals surface area contributed by atoms with Crippen molar-refractivity contribution >= 4 is 27.3 Å². The average molecular weight is 406 g/mol. The van der Waals surface area contributed by atoms with Gasteiger partial charge >= 0.3 is 0 Å². The van der Waals surface area contributed by atoms with Crippen LogP contribution in [0.5, 0.6) is 0 Å². The van der Waals surface area contributed by atoms with Gasteiger partial charge in [0.25, 0.3) is 5.69 Å². The first-order chi connectivity index (χ1) is 13.3. The summed E-state index contributed by atoms with van der Waals surface area (Å²) in [4.78, 5) is 21.0. The van der Waals surface area contributed by atoms with Gasteiger partial charge in [0.2, 0.25) is 10.0 Å². The van der Waals surface area contributed by atoms with Crippen LogP contribution in [0.4, 0.5) is 17.3 Å². The molecule has 0 aliphatic carbocycles. The van der Waals surface area contributed by atoms with E-state index in [4.69, 9.17) is 0 Å². The van der Waals surface area contributed by atoms with E-state index in [9.17, 15) is 18.5 Å². The van der Waals surface area contributed by atoms with Crippen molar-refractivity contribution in [2.24, 2.45) is 0 Å². The molecule has 2 N–H and O–H groups in total. The lowest BCUT2D eigenvalue weighted by molar-refractivity contribution is -0.385. The van der Waals surface area contributed by atoms with Gasteiger partial charge in [-0.2, -0.15) is 0 Å². The molecule has 150 valence electrons. The summed E-state index contributed by atoms with van der Waals surface area (Å²) in [5.41, 5.74) is -0.271. The second kappa shape index (κ2) is 8.48. The van der Waals surface area contributed by atoms with E-state index >= 15 is 0 Å². The Morgan fingerprint density at radius 1 is 1.18 bits per heavy atom. The van der Waals surface area contributed by atoms with Crippen LogP contribution < -0.4 is 14.9 Å². The van der Waals surface area contributed by atoms with E-state index in [1.807, 2.05) is 13.0 Å². The molecule has 1 aliphatic rings. The minimum atomic E-state index is -3.84. The Hall–Kier alpha value is -2.79. The number of non-ortho nitro benzene ring substituents is 1. The number of anilines is 2. The van der Waals surface area contributed by atoms with Gasteiger partial charge in [0.1, 0.15) is 17.5 Å². The number of nitrogens with zero attached hydrogens (tertiary/aromatic N) is 4. The summed E-state index contributed by atoms with van der Waals surface area (Å²) >= 11 is 0. The summed E-state index contributed by atoms with van der Waals surface area (Å²) in [5.74, 6) is 2.14. The Kier molecular flexibility index (Phi) is 6.05. The number of hydrogen-bond acceptors (Lipinski definition) is 8.